The highest BCUT2D eigenvalue weighted by atomic mass is 14.7. The van der Waals surface area contributed by atoms with E-state index in [1.54, 1.807) is 6.20 Å². The fourth-order valence-corrected chi connectivity index (χ4v) is 1.76. The van der Waals surface area contributed by atoms with Gasteiger partial charge in [-0.15, -0.1) is 0 Å². The van der Waals surface area contributed by atoms with Gasteiger partial charge in [0, 0.05) is 24.0 Å². The van der Waals surface area contributed by atoms with Gasteiger partial charge in [-0.1, -0.05) is 20.8 Å². The number of aliphatic imine (C=N–C) groups is 1. The third-order valence-corrected chi connectivity index (χ3v) is 2.35. The van der Waals surface area contributed by atoms with Crippen molar-refractivity contribution in [2.75, 3.05) is 0 Å². The van der Waals surface area contributed by atoms with Crippen molar-refractivity contribution in [1.82, 2.24) is 4.98 Å². The van der Waals surface area contributed by atoms with Crippen molar-refractivity contribution >= 4 is 18.0 Å². The molecule has 0 amide bonds. The highest BCUT2D eigenvalue weighted by Gasteiger charge is 2.12. The molecule has 0 bridgehead atoms. The Morgan fingerprint density at radius 1 is 1.31 bits per heavy atom. The van der Waals surface area contributed by atoms with Gasteiger partial charge in [-0.2, -0.15) is 0 Å². The normalized spacial score (nSPS) is 13.7. The van der Waals surface area contributed by atoms with Crippen LogP contribution in [0.2, 0.25) is 0 Å². The Kier molecular flexibility index (Phi) is 2.76. The van der Waals surface area contributed by atoms with Crippen molar-refractivity contribution in [2.24, 2.45) is 10.4 Å². The highest BCUT2D eigenvalue weighted by molar-refractivity contribution is 5.82. The largest absolute Gasteiger partial charge is 0.255 e. The molecule has 1 aliphatic rings. The molecule has 0 unspecified atom stereocenters. The number of aromatic nitrogens is 1. The first-order valence-corrected chi connectivity index (χ1v) is 5.49. The van der Waals surface area contributed by atoms with Crippen molar-refractivity contribution in [3.63, 3.8) is 0 Å². The third kappa shape index (κ3) is 2.68. The molecule has 2 heteroatoms. The number of hydrogen-bond acceptors (Lipinski definition) is 2. The van der Waals surface area contributed by atoms with E-state index in [0.29, 0.717) is 0 Å². The molecule has 0 aliphatic carbocycles. The fourth-order valence-electron chi connectivity index (χ4n) is 1.76. The van der Waals surface area contributed by atoms with Crippen molar-refractivity contribution in [1.29, 1.82) is 0 Å². The van der Waals surface area contributed by atoms with Gasteiger partial charge in [-0.3, -0.25) is 4.98 Å². The molecule has 0 saturated heterocycles. The minimum Gasteiger partial charge on any atom is -0.255 e. The monoisotopic (exact) mass is 212 g/mol. The van der Waals surface area contributed by atoms with Crippen LogP contribution in [0.1, 0.15) is 37.6 Å². The Bertz CT molecular complexity index is 484. The van der Waals surface area contributed by atoms with Gasteiger partial charge < -0.3 is 0 Å². The molecule has 82 valence electrons. The molecule has 0 atom stereocenters. The van der Waals surface area contributed by atoms with E-state index >= 15 is 0 Å². The van der Waals surface area contributed by atoms with Crippen LogP contribution in [0.4, 0.5) is 0 Å². The van der Waals surface area contributed by atoms with Gasteiger partial charge in [0.15, 0.2) is 0 Å². The zero-order chi connectivity index (χ0) is 11.6. The molecule has 0 aromatic carbocycles. The molecule has 2 rings (SSSR count). The molecular formula is C14H16N2. The summed E-state index contributed by atoms with van der Waals surface area (Å²) in [4.78, 5) is 8.40. The highest BCUT2D eigenvalue weighted by Crippen LogP contribution is 2.22. The molecule has 1 aliphatic heterocycles. The number of nitrogens with zero attached hydrogens (tertiary/aromatic N) is 2. The summed E-state index contributed by atoms with van der Waals surface area (Å²) in [5.41, 5.74) is 3.62. The number of hydrogen-bond donors (Lipinski definition) is 0. The standard InChI is InChI=1S/C14H16N2/c1-14(2,3)9-11-8-12-4-6-15-7-5-13(12)16-10-11/h4-6,8,10H,9H2,1-3H3. The first-order valence-electron chi connectivity index (χ1n) is 5.49. The van der Waals surface area contributed by atoms with E-state index in [4.69, 9.17) is 0 Å². The zero-order valence-electron chi connectivity index (χ0n) is 9.99. The topological polar surface area (TPSA) is 25.2 Å². The van der Waals surface area contributed by atoms with Crippen LogP contribution < -0.4 is 0 Å². The molecule has 1 aromatic heterocycles. The molecule has 16 heavy (non-hydrogen) atoms. The maximum Gasteiger partial charge on any atom is 0.0795 e. The molecule has 0 N–H and O–H groups in total. The van der Waals surface area contributed by atoms with E-state index in [9.17, 15) is 0 Å². The van der Waals surface area contributed by atoms with Gasteiger partial charge >= 0.3 is 0 Å². The summed E-state index contributed by atoms with van der Waals surface area (Å²) in [6.07, 6.45) is 8.53. The average molecular weight is 212 g/mol. The molecule has 0 radical (unpaired) electrons. The summed E-state index contributed by atoms with van der Waals surface area (Å²) in [6.45, 7) is 6.70. The van der Waals surface area contributed by atoms with Crippen LogP contribution >= 0.6 is 0 Å². The summed E-state index contributed by atoms with van der Waals surface area (Å²) >= 11 is 0. The van der Waals surface area contributed by atoms with Gasteiger partial charge in [-0.25, -0.2) is 4.99 Å². The van der Waals surface area contributed by atoms with Crippen LogP contribution in [-0.2, 0) is 6.42 Å². The molecule has 1 aromatic rings. The second-order valence-electron chi connectivity index (χ2n) is 5.27. The molecule has 0 saturated carbocycles. The van der Waals surface area contributed by atoms with Crippen molar-refractivity contribution in [3.05, 3.63) is 35.3 Å². The second kappa shape index (κ2) is 4.07. The predicted octanol–water partition coefficient (Wildman–Crippen LogP) is 3.34. The lowest BCUT2D eigenvalue weighted by molar-refractivity contribution is 0.410. The Morgan fingerprint density at radius 3 is 2.88 bits per heavy atom. The number of rotatable bonds is 1. The van der Waals surface area contributed by atoms with Gasteiger partial charge in [-0.05, 0) is 35.4 Å². The maximum absolute atomic E-state index is 4.43. The van der Waals surface area contributed by atoms with E-state index in [-0.39, 0.29) is 5.41 Å². The fraction of sp³-hybridized carbons (Fsp3) is 0.357. The van der Waals surface area contributed by atoms with Crippen LogP contribution in [0.5, 0.6) is 0 Å². The van der Waals surface area contributed by atoms with E-state index < -0.39 is 0 Å². The zero-order valence-corrected chi connectivity index (χ0v) is 9.99. The van der Waals surface area contributed by atoms with E-state index in [2.05, 4.69) is 42.7 Å². The van der Waals surface area contributed by atoms with Crippen LogP contribution in [0, 0.1) is 5.41 Å². The molecule has 2 heterocycles. The second-order valence-corrected chi connectivity index (χ2v) is 5.27. The average Bonchev–Trinajstić information content (AvgIpc) is 2.39. The van der Waals surface area contributed by atoms with E-state index in [1.165, 1.54) is 5.56 Å². The molecular weight excluding hydrogens is 196 g/mol. The third-order valence-electron chi connectivity index (χ3n) is 2.35. The van der Waals surface area contributed by atoms with Crippen molar-refractivity contribution < 1.29 is 0 Å². The lowest BCUT2D eigenvalue weighted by Gasteiger charge is -2.18. The van der Waals surface area contributed by atoms with Gasteiger partial charge in [0.2, 0.25) is 0 Å². The molecule has 0 fully saturated rings. The van der Waals surface area contributed by atoms with Crippen LogP contribution in [0.15, 0.2) is 23.5 Å². The lowest BCUT2D eigenvalue weighted by Crippen LogP contribution is -2.09. The quantitative estimate of drug-likeness (QED) is 0.701. The van der Waals surface area contributed by atoms with Gasteiger partial charge in [0.25, 0.3) is 0 Å². The van der Waals surface area contributed by atoms with Gasteiger partial charge in [0.05, 0.1) is 5.69 Å². The Morgan fingerprint density at radius 2 is 2.12 bits per heavy atom. The van der Waals surface area contributed by atoms with Crippen molar-refractivity contribution in [2.45, 2.75) is 27.2 Å². The summed E-state index contributed by atoms with van der Waals surface area (Å²) in [5.74, 6) is 2.82. The van der Waals surface area contributed by atoms with Crippen LogP contribution in [0.3, 0.4) is 0 Å². The minimum absolute atomic E-state index is 0.288. The Balaban J connectivity index is 2.34. The summed E-state index contributed by atoms with van der Waals surface area (Å²) < 4.78 is 0. The maximum atomic E-state index is 4.43. The minimum atomic E-state index is 0.288. The Labute approximate surface area is 96.4 Å². The summed E-state index contributed by atoms with van der Waals surface area (Å²) in [5, 5.41) is 0. The lowest BCUT2D eigenvalue weighted by atomic mass is 9.88. The van der Waals surface area contributed by atoms with Crippen LogP contribution in [-0.4, -0.2) is 10.9 Å². The SMILES string of the molecule is CC(C)(C)Cc1cnc2c(c1)C=CN=C=C2. The summed E-state index contributed by atoms with van der Waals surface area (Å²) in [6, 6.07) is 2.18. The number of pyridine rings is 1. The molecule has 2 nitrogen and oxygen atoms in total. The van der Waals surface area contributed by atoms with Crippen LogP contribution in [0.25, 0.3) is 12.2 Å². The number of fused-ring (bicyclic) bond motifs is 1. The predicted molar refractivity (Wildman–Crippen MR) is 68.3 cm³/mol. The van der Waals surface area contributed by atoms with E-state index in [0.717, 1.165) is 17.7 Å². The smallest absolute Gasteiger partial charge is 0.0795 e. The van der Waals surface area contributed by atoms with E-state index in [1.807, 2.05) is 18.3 Å². The van der Waals surface area contributed by atoms with Gasteiger partial charge in [0.1, 0.15) is 0 Å². The first kappa shape index (κ1) is 10.8. The Hall–Kier alpha value is -1.66. The first-order chi connectivity index (χ1) is 7.54. The van der Waals surface area contributed by atoms with Crippen molar-refractivity contribution in [3.8, 4) is 0 Å². The molecule has 0 spiro atoms. The summed E-state index contributed by atoms with van der Waals surface area (Å²) in [7, 11) is 0.